The summed E-state index contributed by atoms with van der Waals surface area (Å²) in [4.78, 5) is 4.78. The summed E-state index contributed by atoms with van der Waals surface area (Å²) in [5.74, 6) is 0. The van der Waals surface area contributed by atoms with Crippen molar-refractivity contribution < 1.29 is 0 Å². The third-order valence-electron chi connectivity index (χ3n) is 4.42. The summed E-state index contributed by atoms with van der Waals surface area (Å²) in [6.45, 7) is 0.976. The second-order valence-electron chi connectivity index (χ2n) is 5.92. The number of fused-ring (bicyclic) bond motifs is 1. The Kier molecular flexibility index (Phi) is 3.48. The van der Waals surface area contributed by atoms with Crippen molar-refractivity contribution in [3.63, 3.8) is 0 Å². The van der Waals surface area contributed by atoms with Crippen LogP contribution in [-0.4, -0.2) is 12.3 Å². The third kappa shape index (κ3) is 2.43. The van der Waals surface area contributed by atoms with E-state index in [1.165, 1.54) is 39.6 Å². The summed E-state index contributed by atoms with van der Waals surface area (Å²) >= 11 is 0. The van der Waals surface area contributed by atoms with E-state index in [1.54, 1.807) is 0 Å². The highest BCUT2D eigenvalue weighted by atomic mass is 14.8. The number of hydrogen-bond donors (Lipinski definition) is 0. The maximum atomic E-state index is 4.78. The molecule has 0 saturated carbocycles. The maximum Gasteiger partial charge on any atom is 0.0430 e. The van der Waals surface area contributed by atoms with Gasteiger partial charge in [-0.05, 0) is 41.2 Å². The summed E-state index contributed by atoms with van der Waals surface area (Å²) in [6.07, 6.45) is 3.26. The minimum Gasteiger partial charge on any atom is -0.289 e. The summed E-state index contributed by atoms with van der Waals surface area (Å²) in [5, 5.41) is 2.65. The highest BCUT2D eigenvalue weighted by molar-refractivity contribution is 6.12. The first kappa shape index (κ1) is 13.3. The van der Waals surface area contributed by atoms with Crippen LogP contribution in [0.1, 0.15) is 29.5 Å². The average molecular weight is 285 g/mol. The molecule has 0 saturated heterocycles. The quantitative estimate of drug-likeness (QED) is 0.641. The highest BCUT2D eigenvalue weighted by Gasteiger charge is 2.16. The molecule has 1 aliphatic heterocycles. The first-order valence-electron chi connectivity index (χ1n) is 8.00. The van der Waals surface area contributed by atoms with Crippen LogP contribution in [0, 0.1) is 0 Å². The van der Waals surface area contributed by atoms with Crippen LogP contribution in [0.4, 0.5) is 0 Å². The zero-order valence-electron chi connectivity index (χ0n) is 12.6. The molecule has 3 aromatic rings. The van der Waals surface area contributed by atoms with Crippen molar-refractivity contribution in [2.45, 2.75) is 19.3 Å². The van der Waals surface area contributed by atoms with E-state index in [0.29, 0.717) is 0 Å². The van der Waals surface area contributed by atoms with Gasteiger partial charge in [0.2, 0.25) is 0 Å². The normalized spacial score (nSPS) is 14.3. The molecular weight excluding hydrogens is 266 g/mol. The SMILES string of the molecule is c1ccc(Cc2ccc3ccccc3c2C2=NCCC2)cc1. The molecule has 0 N–H and O–H groups in total. The summed E-state index contributed by atoms with van der Waals surface area (Å²) in [5.41, 5.74) is 5.42. The monoisotopic (exact) mass is 285 g/mol. The van der Waals surface area contributed by atoms with Crippen molar-refractivity contribution in [1.82, 2.24) is 0 Å². The van der Waals surface area contributed by atoms with Crippen LogP contribution < -0.4 is 0 Å². The Morgan fingerprint density at radius 3 is 2.45 bits per heavy atom. The molecule has 0 fully saturated rings. The Labute approximate surface area is 131 Å². The van der Waals surface area contributed by atoms with Crippen molar-refractivity contribution in [3.05, 3.63) is 83.4 Å². The van der Waals surface area contributed by atoms with Gasteiger partial charge in [0, 0.05) is 17.8 Å². The first-order chi connectivity index (χ1) is 10.9. The fraction of sp³-hybridized carbons (Fsp3) is 0.190. The van der Waals surface area contributed by atoms with Gasteiger partial charge in [-0.15, -0.1) is 0 Å². The van der Waals surface area contributed by atoms with Crippen LogP contribution in [0.15, 0.2) is 71.7 Å². The molecule has 4 rings (SSSR count). The van der Waals surface area contributed by atoms with E-state index in [2.05, 4.69) is 66.7 Å². The minimum absolute atomic E-state index is 0.972. The van der Waals surface area contributed by atoms with Gasteiger partial charge >= 0.3 is 0 Å². The standard InChI is InChI=1S/C21H19N/c1-2-7-16(8-3-1)15-18-13-12-17-9-4-5-10-19(17)21(18)20-11-6-14-22-20/h1-5,7-10,12-13H,6,11,14-15H2. The molecule has 0 unspecified atom stereocenters. The summed E-state index contributed by atoms with van der Waals surface area (Å²) in [6, 6.07) is 23.9. The molecule has 1 nitrogen and oxygen atoms in total. The molecule has 1 heterocycles. The molecule has 0 atom stereocenters. The average Bonchev–Trinajstić information content (AvgIpc) is 3.10. The molecule has 0 aliphatic carbocycles. The predicted molar refractivity (Wildman–Crippen MR) is 93.8 cm³/mol. The van der Waals surface area contributed by atoms with Crippen LogP contribution >= 0.6 is 0 Å². The Morgan fingerprint density at radius 1 is 0.818 bits per heavy atom. The van der Waals surface area contributed by atoms with E-state index in [0.717, 1.165) is 19.4 Å². The summed E-state index contributed by atoms with van der Waals surface area (Å²) in [7, 11) is 0. The molecule has 0 amide bonds. The van der Waals surface area contributed by atoms with Gasteiger partial charge in [-0.3, -0.25) is 4.99 Å². The molecular formula is C21H19N. The zero-order valence-corrected chi connectivity index (χ0v) is 12.6. The number of aliphatic imine (C=N–C) groups is 1. The van der Waals surface area contributed by atoms with Gasteiger partial charge in [0.15, 0.2) is 0 Å². The van der Waals surface area contributed by atoms with Gasteiger partial charge in [-0.2, -0.15) is 0 Å². The van der Waals surface area contributed by atoms with Gasteiger partial charge in [0.25, 0.3) is 0 Å². The van der Waals surface area contributed by atoms with Crippen LogP contribution in [-0.2, 0) is 6.42 Å². The lowest BCUT2D eigenvalue weighted by Crippen LogP contribution is -2.04. The van der Waals surface area contributed by atoms with Gasteiger partial charge in [0.05, 0.1) is 0 Å². The van der Waals surface area contributed by atoms with E-state index in [4.69, 9.17) is 4.99 Å². The number of benzene rings is 3. The van der Waals surface area contributed by atoms with Crippen LogP contribution in [0.5, 0.6) is 0 Å². The number of hydrogen-bond acceptors (Lipinski definition) is 1. The molecule has 108 valence electrons. The molecule has 22 heavy (non-hydrogen) atoms. The van der Waals surface area contributed by atoms with Gasteiger partial charge < -0.3 is 0 Å². The van der Waals surface area contributed by atoms with Crippen molar-refractivity contribution in [2.75, 3.05) is 6.54 Å². The Hall–Kier alpha value is -2.41. The summed E-state index contributed by atoms with van der Waals surface area (Å²) < 4.78 is 0. The van der Waals surface area contributed by atoms with Crippen LogP contribution in [0.3, 0.4) is 0 Å². The lowest BCUT2D eigenvalue weighted by molar-refractivity contribution is 0.951. The fourth-order valence-electron chi connectivity index (χ4n) is 3.36. The molecule has 0 aromatic heterocycles. The van der Waals surface area contributed by atoms with Crippen LogP contribution in [0.2, 0.25) is 0 Å². The van der Waals surface area contributed by atoms with E-state index in [-0.39, 0.29) is 0 Å². The van der Waals surface area contributed by atoms with Crippen molar-refractivity contribution in [2.24, 2.45) is 4.99 Å². The lowest BCUT2D eigenvalue weighted by atomic mass is 9.91. The second kappa shape index (κ2) is 5.76. The number of nitrogens with zero attached hydrogens (tertiary/aromatic N) is 1. The zero-order chi connectivity index (χ0) is 14.8. The fourth-order valence-corrected chi connectivity index (χ4v) is 3.36. The Morgan fingerprint density at radius 2 is 1.64 bits per heavy atom. The van der Waals surface area contributed by atoms with Crippen molar-refractivity contribution >= 4 is 16.5 Å². The van der Waals surface area contributed by atoms with E-state index in [9.17, 15) is 0 Å². The van der Waals surface area contributed by atoms with Gasteiger partial charge in [0.1, 0.15) is 0 Å². The first-order valence-corrected chi connectivity index (χ1v) is 8.00. The second-order valence-corrected chi connectivity index (χ2v) is 5.92. The minimum atomic E-state index is 0.972. The molecule has 0 spiro atoms. The maximum absolute atomic E-state index is 4.78. The topological polar surface area (TPSA) is 12.4 Å². The molecule has 1 heteroatoms. The lowest BCUT2D eigenvalue weighted by Gasteiger charge is -2.13. The van der Waals surface area contributed by atoms with Gasteiger partial charge in [-0.25, -0.2) is 0 Å². The van der Waals surface area contributed by atoms with Crippen molar-refractivity contribution in [1.29, 1.82) is 0 Å². The van der Waals surface area contributed by atoms with E-state index >= 15 is 0 Å². The molecule has 0 radical (unpaired) electrons. The predicted octanol–water partition coefficient (Wildman–Crippen LogP) is 5.01. The Bertz CT molecular complexity index is 831. The largest absolute Gasteiger partial charge is 0.289 e. The molecule has 3 aromatic carbocycles. The molecule has 1 aliphatic rings. The molecule has 0 bridgehead atoms. The Balaban J connectivity index is 1.88. The third-order valence-corrected chi connectivity index (χ3v) is 4.42. The van der Waals surface area contributed by atoms with Crippen molar-refractivity contribution in [3.8, 4) is 0 Å². The smallest absolute Gasteiger partial charge is 0.0430 e. The number of rotatable bonds is 3. The highest BCUT2D eigenvalue weighted by Crippen LogP contribution is 2.28. The van der Waals surface area contributed by atoms with Gasteiger partial charge in [-0.1, -0.05) is 66.7 Å². The van der Waals surface area contributed by atoms with E-state index in [1.807, 2.05) is 0 Å². The van der Waals surface area contributed by atoms with Crippen LogP contribution in [0.25, 0.3) is 10.8 Å². The van der Waals surface area contributed by atoms with E-state index < -0.39 is 0 Å².